The molecule has 0 fully saturated rings. The van der Waals surface area contributed by atoms with Gasteiger partial charge in [-0.25, -0.2) is 4.79 Å². The van der Waals surface area contributed by atoms with Gasteiger partial charge in [0.2, 0.25) is 0 Å². The number of hydrogen-bond donors (Lipinski definition) is 2. The van der Waals surface area contributed by atoms with Crippen LogP contribution in [-0.4, -0.2) is 11.1 Å². The summed E-state index contributed by atoms with van der Waals surface area (Å²) < 4.78 is 5.87. The predicted octanol–water partition coefficient (Wildman–Crippen LogP) is 3.04. The molecule has 0 radical (unpaired) electrons. The van der Waals surface area contributed by atoms with Crippen LogP contribution in [0.1, 0.15) is 32.6 Å². The molecule has 0 saturated carbocycles. The zero-order valence-electron chi connectivity index (χ0n) is 12.2. The van der Waals surface area contributed by atoms with Gasteiger partial charge in [0, 0.05) is 6.54 Å². The number of nitrogens with two attached hydrogens (primary N) is 1. The molecule has 21 heavy (non-hydrogen) atoms. The van der Waals surface area contributed by atoms with Crippen molar-refractivity contribution in [2.24, 2.45) is 5.73 Å². The summed E-state index contributed by atoms with van der Waals surface area (Å²) in [6.07, 6.45) is 0. The van der Waals surface area contributed by atoms with Crippen molar-refractivity contribution in [1.29, 1.82) is 0 Å². The van der Waals surface area contributed by atoms with Crippen molar-refractivity contribution in [3.8, 4) is 5.75 Å². The quantitative estimate of drug-likeness (QED) is 0.885. The Hall–Kier alpha value is -2.33. The maximum absolute atomic E-state index is 10.8. The largest absolute Gasteiger partial charge is 0.488 e. The zero-order valence-corrected chi connectivity index (χ0v) is 12.2. The molecule has 0 spiro atoms. The molecule has 110 valence electrons. The number of carboxylic acid groups (broad SMARTS) is 1. The molecule has 3 N–H and O–H groups in total. The van der Waals surface area contributed by atoms with Crippen LogP contribution in [0.4, 0.5) is 0 Å². The van der Waals surface area contributed by atoms with Crippen molar-refractivity contribution in [2.75, 3.05) is 0 Å². The highest BCUT2D eigenvalue weighted by molar-refractivity contribution is 5.87. The Morgan fingerprint density at radius 1 is 1.10 bits per heavy atom. The predicted molar refractivity (Wildman–Crippen MR) is 81.5 cm³/mol. The van der Waals surface area contributed by atoms with E-state index in [1.165, 1.54) is 0 Å². The highest BCUT2D eigenvalue weighted by atomic mass is 16.5. The van der Waals surface area contributed by atoms with Gasteiger partial charge < -0.3 is 15.6 Å². The van der Waals surface area contributed by atoms with Crippen LogP contribution in [0.3, 0.4) is 0 Å². The minimum atomic E-state index is -0.925. The van der Waals surface area contributed by atoms with Gasteiger partial charge in [0.05, 0.1) is 5.56 Å². The molecule has 0 unspecified atom stereocenters. The number of hydrogen-bond acceptors (Lipinski definition) is 3. The van der Waals surface area contributed by atoms with E-state index in [0.29, 0.717) is 13.2 Å². The second kappa shape index (κ2) is 6.41. The lowest BCUT2D eigenvalue weighted by atomic mass is 10.1. The fourth-order valence-corrected chi connectivity index (χ4v) is 2.28. The first-order valence-corrected chi connectivity index (χ1v) is 6.76. The molecule has 0 atom stereocenters. The van der Waals surface area contributed by atoms with E-state index in [2.05, 4.69) is 0 Å². The van der Waals surface area contributed by atoms with E-state index in [1.807, 2.05) is 26.0 Å². The lowest BCUT2D eigenvalue weighted by Crippen LogP contribution is -2.03. The summed E-state index contributed by atoms with van der Waals surface area (Å²) >= 11 is 0. The minimum Gasteiger partial charge on any atom is -0.488 e. The molecule has 0 heterocycles. The van der Waals surface area contributed by atoms with Crippen molar-refractivity contribution in [3.05, 3.63) is 64.2 Å². The molecular weight excluding hydrogens is 266 g/mol. The van der Waals surface area contributed by atoms with E-state index in [1.54, 1.807) is 24.3 Å². The molecule has 0 aliphatic heterocycles. The van der Waals surface area contributed by atoms with Crippen molar-refractivity contribution in [1.82, 2.24) is 0 Å². The van der Waals surface area contributed by atoms with Crippen molar-refractivity contribution in [3.63, 3.8) is 0 Å². The number of aromatic carboxylic acids is 1. The lowest BCUT2D eigenvalue weighted by molar-refractivity contribution is 0.0697. The fraction of sp³-hybridized carbons (Fsp3) is 0.235. The molecule has 4 heteroatoms. The minimum absolute atomic E-state index is 0.276. The second-order valence-electron chi connectivity index (χ2n) is 5.05. The van der Waals surface area contributed by atoms with E-state index < -0.39 is 5.97 Å². The van der Waals surface area contributed by atoms with Crippen molar-refractivity contribution >= 4 is 5.97 Å². The first kappa shape index (κ1) is 15.1. The first-order valence-electron chi connectivity index (χ1n) is 6.76. The van der Waals surface area contributed by atoms with E-state index in [0.717, 1.165) is 28.0 Å². The van der Waals surface area contributed by atoms with E-state index in [9.17, 15) is 4.79 Å². The Labute approximate surface area is 124 Å². The summed E-state index contributed by atoms with van der Waals surface area (Å²) in [5.74, 6) is -0.0685. The van der Waals surface area contributed by atoms with Crippen LogP contribution >= 0.6 is 0 Å². The van der Waals surface area contributed by atoms with Crippen LogP contribution in [0.15, 0.2) is 36.4 Å². The molecule has 0 aliphatic rings. The van der Waals surface area contributed by atoms with Crippen LogP contribution in [0.2, 0.25) is 0 Å². The second-order valence-corrected chi connectivity index (χ2v) is 5.05. The molecule has 2 aromatic rings. The monoisotopic (exact) mass is 285 g/mol. The lowest BCUT2D eigenvalue weighted by Gasteiger charge is -2.14. The first-order chi connectivity index (χ1) is 10.0. The Kier molecular flexibility index (Phi) is 4.60. The normalized spacial score (nSPS) is 10.4. The average molecular weight is 285 g/mol. The van der Waals surface area contributed by atoms with Crippen LogP contribution < -0.4 is 10.5 Å². The number of ether oxygens (including phenoxy) is 1. The molecule has 4 nitrogen and oxygen atoms in total. The van der Waals surface area contributed by atoms with Gasteiger partial charge in [-0.15, -0.1) is 0 Å². The smallest absolute Gasteiger partial charge is 0.335 e. The Balaban J connectivity index is 2.11. The summed E-state index contributed by atoms with van der Waals surface area (Å²) in [6.45, 7) is 4.91. The van der Waals surface area contributed by atoms with Gasteiger partial charge >= 0.3 is 5.97 Å². The van der Waals surface area contributed by atoms with Crippen molar-refractivity contribution < 1.29 is 14.6 Å². The summed E-state index contributed by atoms with van der Waals surface area (Å²) in [6, 6.07) is 10.7. The topological polar surface area (TPSA) is 72.5 Å². The molecule has 0 bridgehead atoms. The highest BCUT2D eigenvalue weighted by Crippen LogP contribution is 2.25. The fourth-order valence-electron chi connectivity index (χ4n) is 2.28. The maximum atomic E-state index is 10.8. The molecule has 0 amide bonds. The van der Waals surface area contributed by atoms with Gasteiger partial charge in [0.1, 0.15) is 12.4 Å². The summed E-state index contributed by atoms with van der Waals surface area (Å²) in [4.78, 5) is 10.8. The summed E-state index contributed by atoms with van der Waals surface area (Å²) in [5, 5.41) is 8.86. The average Bonchev–Trinajstić information content (AvgIpc) is 2.46. The number of benzene rings is 2. The van der Waals surface area contributed by atoms with E-state index >= 15 is 0 Å². The van der Waals surface area contributed by atoms with Gasteiger partial charge in [-0.1, -0.05) is 24.3 Å². The van der Waals surface area contributed by atoms with Crippen LogP contribution in [0, 0.1) is 13.8 Å². The number of carboxylic acids is 1. The highest BCUT2D eigenvalue weighted by Gasteiger charge is 2.07. The number of rotatable bonds is 5. The van der Waals surface area contributed by atoms with Crippen LogP contribution in [0.25, 0.3) is 0 Å². The third-order valence-corrected chi connectivity index (χ3v) is 3.34. The molecule has 2 rings (SSSR count). The Morgan fingerprint density at radius 2 is 1.67 bits per heavy atom. The Morgan fingerprint density at radius 3 is 2.14 bits per heavy atom. The third kappa shape index (κ3) is 3.61. The zero-order chi connectivity index (χ0) is 15.4. The van der Waals surface area contributed by atoms with Crippen LogP contribution in [0.5, 0.6) is 5.75 Å². The number of aryl methyl sites for hydroxylation is 2. The van der Waals surface area contributed by atoms with Gasteiger partial charge in [0.25, 0.3) is 0 Å². The molecule has 0 aliphatic carbocycles. The standard InChI is InChI=1S/C17H19NO3/c1-11-7-14(9-18)8-12(2)16(11)21-10-13-3-5-15(6-4-13)17(19)20/h3-8H,9-10,18H2,1-2H3,(H,19,20). The Bertz CT molecular complexity index is 625. The summed E-state index contributed by atoms with van der Waals surface area (Å²) in [7, 11) is 0. The van der Waals surface area contributed by atoms with Crippen LogP contribution in [-0.2, 0) is 13.2 Å². The van der Waals surface area contributed by atoms with E-state index in [-0.39, 0.29) is 5.56 Å². The molecular formula is C17H19NO3. The van der Waals surface area contributed by atoms with Gasteiger partial charge in [-0.2, -0.15) is 0 Å². The van der Waals surface area contributed by atoms with E-state index in [4.69, 9.17) is 15.6 Å². The van der Waals surface area contributed by atoms with Gasteiger partial charge in [-0.05, 0) is 48.2 Å². The van der Waals surface area contributed by atoms with Crippen molar-refractivity contribution in [2.45, 2.75) is 27.0 Å². The molecule has 2 aromatic carbocycles. The number of carbonyl (C=O) groups is 1. The van der Waals surface area contributed by atoms with Gasteiger partial charge in [0.15, 0.2) is 0 Å². The maximum Gasteiger partial charge on any atom is 0.335 e. The van der Waals surface area contributed by atoms with Gasteiger partial charge in [-0.3, -0.25) is 0 Å². The molecule has 0 aromatic heterocycles. The third-order valence-electron chi connectivity index (χ3n) is 3.34. The summed E-state index contributed by atoms with van der Waals surface area (Å²) in [5.41, 5.74) is 10.1. The molecule has 0 saturated heterocycles. The SMILES string of the molecule is Cc1cc(CN)cc(C)c1OCc1ccc(C(=O)O)cc1.